The highest BCUT2D eigenvalue weighted by Crippen LogP contribution is 2.18. The minimum absolute atomic E-state index is 0.258. The summed E-state index contributed by atoms with van der Waals surface area (Å²) in [6.07, 6.45) is 0.883. The molecule has 0 aromatic rings. The van der Waals surface area contributed by atoms with Crippen LogP contribution in [0.4, 0.5) is 0 Å². The van der Waals surface area contributed by atoms with E-state index in [0.717, 1.165) is 4.90 Å². The number of aliphatic carboxylic acids is 1. The highest BCUT2D eigenvalue weighted by Gasteiger charge is 2.37. The van der Waals surface area contributed by atoms with Crippen molar-refractivity contribution in [3.63, 3.8) is 0 Å². The summed E-state index contributed by atoms with van der Waals surface area (Å²) in [5, 5.41) is 29.1. The number of nitrogens with one attached hydrogen (secondary N) is 1. The maximum Gasteiger partial charge on any atom is 0.326 e. The Labute approximate surface area is 115 Å². The third-order valence-corrected chi connectivity index (χ3v) is 3.15. The van der Waals surface area contributed by atoms with Crippen molar-refractivity contribution in [2.24, 2.45) is 5.73 Å². The fourth-order valence-corrected chi connectivity index (χ4v) is 2.03. The average molecular weight is 289 g/mol. The molecule has 0 radical (unpaired) electrons. The Morgan fingerprint density at radius 1 is 1.30 bits per heavy atom. The van der Waals surface area contributed by atoms with Crippen LogP contribution >= 0.6 is 0 Å². The third-order valence-electron chi connectivity index (χ3n) is 3.15. The number of hydrogen-bond donors (Lipinski definition) is 5. The molecule has 114 valence electrons. The molecule has 1 heterocycles. The number of amides is 2. The number of nitrogens with two attached hydrogens (primary N) is 1. The molecule has 0 spiro atoms. The van der Waals surface area contributed by atoms with Gasteiger partial charge in [-0.3, -0.25) is 9.59 Å². The SMILES string of the molecule is NC(CO)C(=O)N[C@@H](CO)C(=O)N1CCC[C@H]1C(=O)O. The summed E-state index contributed by atoms with van der Waals surface area (Å²) in [4.78, 5) is 35.7. The van der Waals surface area contributed by atoms with Gasteiger partial charge >= 0.3 is 5.97 Å². The Hall–Kier alpha value is -1.71. The fraction of sp³-hybridized carbons (Fsp3) is 0.727. The van der Waals surface area contributed by atoms with Crippen LogP contribution < -0.4 is 11.1 Å². The molecule has 2 amide bonds. The first-order chi connectivity index (χ1) is 9.42. The Kier molecular flexibility index (Phi) is 5.86. The molecule has 0 saturated carbocycles. The largest absolute Gasteiger partial charge is 0.480 e. The van der Waals surface area contributed by atoms with Crippen molar-refractivity contribution in [3.05, 3.63) is 0 Å². The zero-order chi connectivity index (χ0) is 15.3. The quantitative estimate of drug-likeness (QED) is 0.346. The van der Waals surface area contributed by atoms with Gasteiger partial charge in [-0.25, -0.2) is 4.79 Å². The molecular formula is C11H19N3O6. The van der Waals surface area contributed by atoms with E-state index in [2.05, 4.69) is 5.32 Å². The number of carboxylic acids is 1. The molecule has 1 aliphatic rings. The van der Waals surface area contributed by atoms with Crippen molar-refractivity contribution in [2.75, 3.05) is 19.8 Å². The molecule has 3 atom stereocenters. The molecule has 0 aromatic heterocycles. The van der Waals surface area contributed by atoms with E-state index in [-0.39, 0.29) is 6.54 Å². The van der Waals surface area contributed by atoms with Gasteiger partial charge < -0.3 is 31.3 Å². The van der Waals surface area contributed by atoms with Crippen molar-refractivity contribution >= 4 is 17.8 Å². The van der Waals surface area contributed by atoms with Crippen LogP contribution in [0.15, 0.2) is 0 Å². The standard InChI is InChI=1S/C11H19N3O6/c12-6(4-15)9(17)13-7(5-16)10(18)14-3-1-2-8(14)11(19)20/h6-8,15-16H,1-5,12H2,(H,13,17)(H,19,20)/t6?,7-,8-/m0/s1. The summed E-state index contributed by atoms with van der Waals surface area (Å²) >= 11 is 0. The van der Waals surface area contributed by atoms with Crippen molar-refractivity contribution in [1.82, 2.24) is 10.2 Å². The van der Waals surface area contributed by atoms with Crippen LogP contribution in [-0.2, 0) is 14.4 Å². The number of aliphatic hydroxyl groups is 2. The minimum atomic E-state index is -1.26. The summed E-state index contributed by atoms with van der Waals surface area (Å²) in [5.41, 5.74) is 5.29. The van der Waals surface area contributed by atoms with Crippen LogP contribution in [0.1, 0.15) is 12.8 Å². The van der Waals surface area contributed by atoms with Crippen LogP contribution in [-0.4, -0.2) is 75.9 Å². The lowest BCUT2D eigenvalue weighted by Crippen LogP contribution is -2.56. The lowest BCUT2D eigenvalue weighted by molar-refractivity contribution is -0.149. The monoisotopic (exact) mass is 289 g/mol. The number of hydrogen-bond acceptors (Lipinski definition) is 6. The topological polar surface area (TPSA) is 153 Å². The summed E-state index contributed by atoms with van der Waals surface area (Å²) in [7, 11) is 0. The van der Waals surface area contributed by atoms with E-state index in [1.807, 2.05) is 0 Å². The summed E-state index contributed by atoms with van der Waals surface area (Å²) in [6.45, 7) is -1.01. The van der Waals surface area contributed by atoms with Gasteiger partial charge in [0.1, 0.15) is 18.1 Å². The van der Waals surface area contributed by atoms with Gasteiger partial charge in [0, 0.05) is 6.54 Å². The minimum Gasteiger partial charge on any atom is -0.480 e. The number of carbonyl (C=O) groups excluding carboxylic acids is 2. The molecular weight excluding hydrogens is 270 g/mol. The van der Waals surface area contributed by atoms with Crippen LogP contribution in [0.5, 0.6) is 0 Å². The van der Waals surface area contributed by atoms with E-state index in [1.54, 1.807) is 0 Å². The number of rotatable bonds is 6. The molecule has 0 aliphatic carbocycles. The Balaban J connectivity index is 2.72. The van der Waals surface area contributed by atoms with Crippen LogP contribution in [0.3, 0.4) is 0 Å². The van der Waals surface area contributed by atoms with Crippen molar-refractivity contribution in [3.8, 4) is 0 Å². The van der Waals surface area contributed by atoms with E-state index in [9.17, 15) is 19.5 Å². The van der Waals surface area contributed by atoms with Crippen LogP contribution in [0.25, 0.3) is 0 Å². The summed E-state index contributed by atoms with van der Waals surface area (Å²) in [5.74, 6) is -2.58. The predicted molar refractivity (Wildman–Crippen MR) is 66.4 cm³/mol. The molecule has 20 heavy (non-hydrogen) atoms. The molecule has 1 aliphatic heterocycles. The van der Waals surface area contributed by atoms with Gasteiger partial charge in [-0.15, -0.1) is 0 Å². The van der Waals surface area contributed by atoms with Gasteiger partial charge in [-0.2, -0.15) is 0 Å². The van der Waals surface area contributed by atoms with E-state index in [1.165, 1.54) is 0 Å². The van der Waals surface area contributed by atoms with Crippen LogP contribution in [0, 0.1) is 0 Å². The zero-order valence-corrected chi connectivity index (χ0v) is 10.9. The second-order valence-corrected chi connectivity index (χ2v) is 4.56. The Morgan fingerprint density at radius 3 is 2.45 bits per heavy atom. The third kappa shape index (κ3) is 3.65. The first-order valence-electron chi connectivity index (χ1n) is 6.23. The normalized spacial score (nSPS) is 21.4. The number of carbonyl (C=O) groups is 3. The lowest BCUT2D eigenvalue weighted by atomic mass is 10.2. The van der Waals surface area contributed by atoms with E-state index in [4.69, 9.17) is 15.9 Å². The first kappa shape index (κ1) is 16.3. The Morgan fingerprint density at radius 2 is 1.95 bits per heavy atom. The highest BCUT2D eigenvalue weighted by molar-refractivity contribution is 5.92. The molecule has 0 bridgehead atoms. The van der Waals surface area contributed by atoms with Gasteiger partial charge in [-0.1, -0.05) is 0 Å². The Bertz CT molecular complexity index is 388. The summed E-state index contributed by atoms with van der Waals surface area (Å²) < 4.78 is 0. The number of likely N-dealkylation sites (tertiary alicyclic amines) is 1. The molecule has 1 rings (SSSR count). The number of nitrogens with zero attached hydrogens (tertiary/aromatic N) is 1. The van der Waals surface area contributed by atoms with E-state index < -0.39 is 49.1 Å². The van der Waals surface area contributed by atoms with Gasteiger partial charge in [0.15, 0.2) is 0 Å². The van der Waals surface area contributed by atoms with Crippen molar-refractivity contribution < 1.29 is 29.7 Å². The number of aliphatic hydroxyl groups excluding tert-OH is 2. The smallest absolute Gasteiger partial charge is 0.326 e. The van der Waals surface area contributed by atoms with Gasteiger partial charge in [0.05, 0.1) is 13.2 Å². The maximum atomic E-state index is 12.1. The lowest BCUT2D eigenvalue weighted by Gasteiger charge is -2.26. The number of carboxylic acid groups (broad SMARTS) is 1. The van der Waals surface area contributed by atoms with Gasteiger partial charge in [0.2, 0.25) is 11.8 Å². The van der Waals surface area contributed by atoms with Gasteiger partial charge in [-0.05, 0) is 12.8 Å². The summed E-state index contributed by atoms with van der Waals surface area (Å²) in [6, 6.07) is -3.41. The molecule has 6 N–H and O–H groups in total. The second-order valence-electron chi connectivity index (χ2n) is 4.56. The van der Waals surface area contributed by atoms with Crippen LogP contribution in [0.2, 0.25) is 0 Å². The van der Waals surface area contributed by atoms with Crippen molar-refractivity contribution in [2.45, 2.75) is 31.0 Å². The van der Waals surface area contributed by atoms with E-state index in [0.29, 0.717) is 12.8 Å². The van der Waals surface area contributed by atoms with E-state index >= 15 is 0 Å². The molecule has 9 heteroatoms. The molecule has 0 aromatic carbocycles. The van der Waals surface area contributed by atoms with Gasteiger partial charge in [0.25, 0.3) is 0 Å². The second kappa shape index (κ2) is 7.17. The first-order valence-corrected chi connectivity index (χ1v) is 6.23. The highest BCUT2D eigenvalue weighted by atomic mass is 16.4. The molecule has 1 unspecified atom stereocenters. The maximum absolute atomic E-state index is 12.1. The molecule has 9 nitrogen and oxygen atoms in total. The van der Waals surface area contributed by atoms with Crippen molar-refractivity contribution in [1.29, 1.82) is 0 Å². The zero-order valence-electron chi connectivity index (χ0n) is 10.9. The fourth-order valence-electron chi connectivity index (χ4n) is 2.03. The molecule has 1 fully saturated rings. The molecule has 1 saturated heterocycles. The average Bonchev–Trinajstić information content (AvgIpc) is 2.92. The predicted octanol–water partition coefficient (Wildman–Crippen LogP) is -3.14.